The van der Waals surface area contributed by atoms with E-state index >= 15 is 0 Å². The van der Waals surface area contributed by atoms with Crippen LogP contribution in [0.1, 0.15) is 48.1 Å². The molecule has 5 nitrogen and oxygen atoms in total. The standard InChI is InChI=1S/C31H37ClN2O3/c1-6-24(5)33-31(36)28(18-25-12-8-7-9-13-25)34(19-26-14-10-11-21(2)15-26)29(35)20-37-27-16-22(3)30(32)23(4)17-27/h7-17,24,28H,6,18-20H2,1-5H3,(H,33,36)/t24-,28-/m1/s1. The fourth-order valence-corrected chi connectivity index (χ4v) is 4.33. The number of benzene rings is 3. The molecule has 2 amide bonds. The molecule has 0 radical (unpaired) electrons. The van der Waals surface area contributed by atoms with E-state index < -0.39 is 6.04 Å². The zero-order chi connectivity index (χ0) is 26.9. The van der Waals surface area contributed by atoms with E-state index in [9.17, 15) is 9.59 Å². The Labute approximate surface area is 225 Å². The van der Waals surface area contributed by atoms with Crippen LogP contribution < -0.4 is 10.1 Å². The molecule has 0 aliphatic rings. The van der Waals surface area contributed by atoms with Gasteiger partial charge in [-0.2, -0.15) is 0 Å². The summed E-state index contributed by atoms with van der Waals surface area (Å²) >= 11 is 6.30. The molecule has 37 heavy (non-hydrogen) atoms. The van der Waals surface area contributed by atoms with Gasteiger partial charge in [0, 0.05) is 24.0 Å². The number of hydrogen-bond donors (Lipinski definition) is 1. The summed E-state index contributed by atoms with van der Waals surface area (Å²) in [4.78, 5) is 28.9. The molecule has 0 aromatic heterocycles. The van der Waals surface area contributed by atoms with E-state index in [0.717, 1.165) is 34.2 Å². The topological polar surface area (TPSA) is 58.6 Å². The first kappa shape index (κ1) is 28.3. The molecule has 0 fully saturated rings. The van der Waals surface area contributed by atoms with Gasteiger partial charge in [0.15, 0.2) is 6.61 Å². The quantitative estimate of drug-likeness (QED) is 0.327. The second kappa shape index (κ2) is 13.3. The van der Waals surface area contributed by atoms with Gasteiger partial charge in [0.25, 0.3) is 5.91 Å². The Morgan fingerprint density at radius 1 is 0.946 bits per heavy atom. The van der Waals surface area contributed by atoms with E-state index in [1.807, 2.05) is 101 Å². The van der Waals surface area contributed by atoms with Crippen molar-refractivity contribution in [1.29, 1.82) is 0 Å². The monoisotopic (exact) mass is 520 g/mol. The highest BCUT2D eigenvalue weighted by molar-refractivity contribution is 6.32. The fourth-order valence-electron chi connectivity index (χ4n) is 4.22. The third-order valence-corrected chi connectivity index (χ3v) is 7.08. The summed E-state index contributed by atoms with van der Waals surface area (Å²) in [6.45, 7) is 9.94. The molecule has 3 rings (SSSR count). The molecule has 3 aromatic rings. The van der Waals surface area contributed by atoms with Gasteiger partial charge in [0.1, 0.15) is 11.8 Å². The molecule has 0 unspecified atom stereocenters. The number of ether oxygens (including phenoxy) is 1. The molecule has 0 bridgehead atoms. The van der Waals surface area contributed by atoms with Gasteiger partial charge in [-0.1, -0.05) is 78.7 Å². The second-order valence-electron chi connectivity index (χ2n) is 9.69. The average molecular weight is 521 g/mol. The molecular formula is C31H37ClN2O3. The lowest BCUT2D eigenvalue weighted by Gasteiger charge is -2.32. The van der Waals surface area contributed by atoms with Gasteiger partial charge >= 0.3 is 0 Å². The highest BCUT2D eigenvalue weighted by Crippen LogP contribution is 2.26. The number of amides is 2. The maximum Gasteiger partial charge on any atom is 0.261 e. The highest BCUT2D eigenvalue weighted by Gasteiger charge is 2.31. The van der Waals surface area contributed by atoms with Crippen molar-refractivity contribution in [1.82, 2.24) is 10.2 Å². The van der Waals surface area contributed by atoms with Crippen LogP contribution in [0.15, 0.2) is 66.7 Å². The first-order valence-corrected chi connectivity index (χ1v) is 13.1. The highest BCUT2D eigenvalue weighted by atomic mass is 35.5. The van der Waals surface area contributed by atoms with E-state index in [2.05, 4.69) is 5.32 Å². The number of rotatable bonds is 11. The number of halogens is 1. The Bertz CT molecular complexity index is 1190. The molecule has 3 aromatic carbocycles. The van der Waals surface area contributed by atoms with Crippen LogP contribution in [0.4, 0.5) is 0 Å². The van der Waals surface area contributed by atoms with Crippen molar-refractivity contribution in [3.05, 3.63) is 99.6 Å². The molecule has 0 aliphatic carbocycles. The van der Waals surface area contributed by atoms with Crippen LogP contribution in [0.3, 0.4) is 0 Å². The number of nitrogens with one attached hydrogen (secondary N) is 1. The van der Waals surface area contributed by atoms with Crippen molar-refractivity contribution in [2.75, 3.05) is 6.61 Å². The van der Waals surface area contributed by atoms with Gasteiger partial charge < -0.3 is 15.0 Å². The number of carbonyl (C=O) groups excluding carboxylic acids is 2. The number of carbonyl (C=O) groups is 2. The molecule has 0 heterocycles. The van der Waals surface area contributed by atoms with Gasteiger partial charge in [-0.15, -0.1) is 0 Å². The van der Waals surface area contributed by atoms with E-state index in [4.69, 9.17) is 16.3 Å². The van der Waals surface area contributed by atoms with Gasteiger partial charge in [0.05, 0.1) is 0 Å². The molecule has 2 atom stereocenters. The summed E-state index contributed by atoms with van der Waals surface area (Å²) in [6.07, 6.45) is 1.20. The van der Waals surface area contributed by atoms with Crippen LogP contribution in [0.2, 0.25) is 5.02 Å². The first-order chi connectivity index (χ1) is 17.7. The largest absolute Gasteiger partial charge is 0.484 e. The molecule has 1 N–H and O–H groups in total. The molecule has 0 spiro atoms. The molecule has 196 valence electrons. The summed E-state index contributed by atoms with van der Waals surface area (Å²) in [5.41, 5.74) is 4.81. The fraction of sp³-hybridized carbons (Fsp3) is 0.355. The van der Waals surface area contributed by atoms with Gasteiger partial charge in [0.2, 0.25) is 5.91 Å². The SMILES string of the molecule is CC[C@@H](C)NC(=O)[C@@H](Cc1ccccc1)N(Cc1cccc(C)c1)C(=O)COc1cc(C)c(Cl)c(C)c1. The molecule has 0 saturated heterocycles. The lowest BCUT2D eigenvalue weighted by atomic mass is 10.0. The maximum absolute atomic E-state index is 13.7. The normalized spacial score (nSPS) is 12.5. The van der Waals surface area contributed by atoms with Crippen LogP contribution in [-0.4, -0.2) is 35.4 Å². The van der Waals surface area contributed by atoms with Gasteiger partial charge in [-0.05, 0) is 68.5 Å². The minimum absolute atomic E-state index is 0.00189. The van der Waals surface area contributed by atoms with Crippen molar-refractivity contribution in [3.63, 3.8) is 0 Å². The Morgan fingerprint density at radius 2 is 1.59 bits per heavy atom. The van der Waals surface area contributed by atoms with Gasteiger partial charge in [-0.3, -0.25) is 9.59 Å². The summed E-state index contributed by atoms with van der Waals surface area (Å²) in [5.74, 6) is 0.149. The Morgan fingerprint density at radius 3 is 2.22 bits per heavy atom. The van der Waals surface area contributed by atoms with E-state index in [-0.39, 0.29) is 24.5 Å². The van der Waals surface area contributed by atoms with Crippen LogP contribution in [0.5, 0.6) is 5.75 Å². The van der Waals surface area contributed by atoms with E-state index in [0.29, 0.717) is 23.7 Å². The summed E-state index contributed by atoms with van der Waals surface area (Å²) in [6, 6.07) is 20.7. The molecule has 6 heteroatoms. The Balaban J connectivity index is 1.93. The average Bonchev–Trinajstić information content (AvgIpc) is 2.88. The Hall–Kier alpha value is -3.31. The number of aryl methyl sites for hydroxylation is 3. The minimum Gasteiger partial charge on any atom is -0.484 e. The predicted molar refractivity (Wildman–Crippen MR) is 150 cm³/mol. The van der Waals surface area contributed by atoms with Crippen LogP contribution >= 0.6 is 11.6 Å². The van der Waals surface area contributed by atoms with Crippen LogP contribution in [0.25, 0.3) is 0 Å². The number of nitrogens with zero attached hydrogens (tertiary/aromatic N) is 1. The maximum atomic E-state index is 13.7. The smallest absolute Gasteiger partial charge is 0.261 e. The number of hydrogen-bond acceptors (Lipinski definition) is 3. The van der Waals surface area contributed by atoms with Crippen LogP contribution in [-0.2, 0) is 22.6 Å². The van der Waals surface area contributed by atoms with Crippen molar-refractivity contribution in [2.24, 2.45) is 0 Å². The van der Waals surface area contributed by atoms with Crippen molar-refractivity contribution < 1.29 is 14.3 Å². The van der Waals surface area contributed by atoms with Gasteiger partial charge in [-0.25, -0.2) is 0 Å². The van der Waals surface area contributed by atoms with Crippen molar-refractivity contribution >= 4 is 23.4 Å². The Kier molecular flexibility index (Phi) is 10.2. The molecule has 0 saturated carbocycles. The summed E-state index contributed by atoms with van der Waals surface area (Å²) < 4.78 is 5.93. The van der Waals surface area contributed by atoms with E-state index in [1.54, 1.807) is 4.90 Å². The third kappa shape index (κ3) is 8.09. The van der Waals surface area contributed by atoms with Crippen molar-refractivity contribution in [2.45, 2.75) is 66.1 Å². The van der Waals surface area contributed by atoms with Crippen molar-refractivity contribution in [3.8, 4) is 5.75 Å². The minimum atomic E-state index is -0.693. The lowest BCUT2D eigenvalue weighted by Crippen LogP contribution is -2.53. The summed E-state index contributed by atoms with van der Waals surface area (Å²) in [7, 11) is 0. The molecule has 0 aliphatic heterocycles. The third-order valence-electron chi connectivity index (χ3n) is 6.48. The lowest BCUT2D eigenvalue weighted by molar-refractivity contribution is -0.143. The summed E-state index contributed by atoms with van der Waals surface area (Å²) in [5, 5.41) is 3.77. The zero-order valence-electron chi connectivity index (χ0n) is 22.4. The predicted octanol–water partition coefficient (Wildman–Crippen LogP) is 6.20. The van der Waals surface area contributed by atoms with E-state index in [1.165, 1.54) is 0 Å². The van der Waals surface area contributed by atoms with Crippen LogP contribution in [0, 0.1) is 20.8 Å². The first-order valence-electron chi connectivity index (χ1n) is 12.8. The zero-order valence-corrected chi connectivity index (χ0v) is 23.1. The second-order valence-corrected chi connectivity index (χ2v) is 10.1. The molecular weight excluding hydrogens is 484 g/mol.